The highest BCUT2D eigenvalue weighted by Gasteiger charge is 2.33. The molecule has 0 bridgehead atoms. The van der Waals surface area contributed by atoms with Crippen molar-refractivity contribution in [1.82, 2.24) is 14.5 Å². The molecular formula is C29H37N3O5S. The van der Waals surface area contributed by atoms with Crippen LogP contribution in [0.25, 0.3) is 10.8 Å². The number of carbonyl (C=O) groups is 2. The SMILES string of the molecule is CC[C@@H](C(=O)NC(C)(C)C)N(Cc1ccc(OC)cc1)C(=O)CN(C)S(=O)(=O)c1ccc2ccccc2c1. The molecule has 0 saturated carbocycles. The van der Waals surface area contributed by atoms with Crippen LogP contribution in [0.4, 0.5) is 0 Å². The average molecular weight is 540 g/mol. The lowest BCUT2D eigenvalue weighted by molar-refractivity contribution is -0.142. The van der Waals surface area contributed by atoms with Crippen molar-refractivity contribution in [2.75, 3.05) is 20.7 Å². The lowest BCUT2D eigenvalue weighted by atomic mass is 10.1. The summed E-state index contributed by atoms with van der Waals surface area (Å²) in [5.41, 5.74) is 0.302. The number of nitrogens with one attached hydrogen (secondary N) is 1. The smallest absolute Gasteiger partial charge is 0.243 e. The number of rotatable bonds is 10. The van der Waals surface area contributed by atoms with Crippen LogP contribution in [0, 0.1) is 0 Å². The van der Waals surface area contributed by atoms with Gasteiger partial charge in [0.05, 0.1) is 18.6 Å². The molecule has 3 aromatic carbocycles. The van der Waals surface area contributed by atoms with Gasteiger partial charge in [0.1, 0.15) is 11.8 Å². The Morgan fingerprint density at radius 2 is 1.61 bits per heavy atom. The zero-order valence-corrected chi connectivity index (χ0v) is 23.7. The molecule has 0 aliphatic rings. The van der Waals surface area contributed by atoms with E-state index in [1.165, 1.54) is 11.9 Å². The monoisotopic (exact) mass is 539 g/mol. The molecule has 0 radical (unpaired) electrons. The van der Waals surface area contributed by atoms with Crippen LogP contribution in [0.3, 0.4) is 0 Å². The number of methoxy groups -OCH3 is 1. The zero-order chi connectivity index (χ0) is 28.1. The van der Waals surface area contributed by atoms with E-state index in [9.17, 15) is 18.0 Å². The van der Waals surface area contributed by atoms with Crippen LogP contribution in [-0.4, -0.2) is 61.7 Å². The molecule has 9 heteroatoms. The summed E-state index contributed by atoms with van der Waals surface area (Å²) in [4.78, 5) is 28.4. The molecule has 0 heterocycles. The van der Waals surface area contributed by atoms with E-state index in [1.54, 1.807) is 37.4 Å². The van der Waals surface area contributed by atoms with Gasteiger partial charge in [0.15, 0.2) is 0 Å². The van der Waals surface area contributed by atoms with Gasteiger partial charge in [-0.3, -0.25) is 9.59 Å². The highest BCUT2D eigenvalue weighted by molar-refractivity contribution is 7.89. The van der Waals surface area contributed by atoms with E-state index >= 15 is 0 Å². The number of ether oxygens (including phenoxy) is 1. The summed E-state index contributed by atoms with van der Waals surface area (Å²) >= 11 is 0. The molecule has 0 aliphatic heterocycles. The molecule has 0 aromatic heterocycles. The van der Waals surface area contributed by atoms with E-state index in [-0.39, 0.29) is 17.3 Å². The Labute approximate surface area is 225 Å². The predicted octanol–water partition coefficient (Wildman–Crippen LogP) is 4.19. The second-order valence-corrected chi connectivity index (χ2v) is 12.3. The molecule has 0 fully saturated rings. The number of likely N-dealkylation sites (N-methyl/N-ethyl adjacent to an activating group) is 1. The Morgan fingerprint density at radius 1 is 0.974 bits per heavy atom. The van der Waals surface area contributed by atoms with Gasteiger partial charge in [-0.15, -0.1) is 0 Å². The van der Waals surface area contributed by atoms with Crippen molar-refractivity contribution in [2.45, 2.75) is 57.1 Å². The Kier molecular flexibility index (Phi) is 9.17. The van der Waals surface area contributed by atoms with Crippen LogP contribution < -0.4 is 10.1 Å². The Bertz CT molecular complexity index is 1380. The van der Waals surface area contributed by atoms with Gasteiger partial charge in [-0.25, -0.2) is 8.42 Å². The molecule has 1 atom stereocenters. The molecule has 3 aromatic rings. The van der Waals surface area contributed by atoms with Crippen molar-refractivity contribution in [3.63, 3.8) is 0 Å². The summed E-state index contributed by atoms with van der Waals surface area (Å²) in [5.74, 6) is -0.0872. The third-order valence-electron chi connectivity index (χ3n) is 6.18. The Balaban J connectivity index is 1.89. The number of sulfonamides is 1. The first kappa shape index (κ1) is 29.1. The van der Waals surface area contributed by atoms with Gasteiger partial charge < -0.3 is 15.0 Å². The van der Waals surface area contributed by atoms with Gasteiger partial charge in [0.2, 0.25) is 21.8 Å². The predicted molar refractivity (Wildman–Crippen MR) is 149 cm³/mol. The molecule has 3 rings (SSSR count). The summed E-state index contributed by atoms with van der Waals surface area (Å²) in [6, 6.07) is 18.8. The topological polar surface area (TPSA) is 96.0 Å². The first-order valence-electron chi connectivity index (χ1n) is 12.6. The second kappa shape index (κ2) is 12.0. The standard InChI is InChI=1S/C29H37N3O5S/c1-7-26(28(34)30-29(2,3)4)32(19-21-12-15-24(37-6)16-13-21)27(33)20-31(5)38(35,36)25-17-14-22-10-8-9-11-23(22)18-25/h8-18,26H,7,19-20H2,1-6H3,(H,30,34)/t26-/m0/s1. The van der Waals surface area contributed by atoms with E-state index in [4.69, 9.17) is 4.74 Å². The van der Waals surface area contributed by atoms with E-state index in [0.29, 0.717) is 12.2 Å². The summed E-state index contributed by atoms with van der Waals surface area (Å²) in [7, 11) is -1.00. The summed E-state index contributed by atoms with van der Waals surface area (Å²) in [5, 5.41) is 4.67. The second-order valence-electron chi connectivity index (χ2n) is 10.3. The van der Waals surface area contributed by atoms with Crippen molar-refractivity contribution < 1.29 is 22.7 Å². The quantitative estimate of drug-likeness (QED) is 0.417. The largest absolute Gasteiger partial charge is 0.497 e. The minimum Gasteiger partial charge on any atom is -0.497 e. The fraction of sp³-hybridized carbons (Fsp3) is 0.379. The van der Waals surface area contributed by atoms with Gasteiger partial charge in [0, 0.05) is 19.1 Å². The lowest BCUT2D eigenvalue weighted by Gasteiger charge is -2.34. The number of nitrogens with zero attached hydrogens (tertiary/aromatic N) is 2. The summed E-state index contributed by atoms with van der Waals surface area (Å²) in [6.45, 7) is 7.18. The molecule has 0 unspecified atom stereocenters. The first-order valence-corrected chi connectivity index (χ1v) is 14.0. The van der Waals surface area contributed by atoms with Gasteiger partial charge in [-0.1, -0.05) is 49.4 Å². The van der Waals surface area contributed by atoms with Crippen LogP contribution in [0.5, 0.6) is 5.75 Å². The van der Waals surface area contributed by atoms with Crippen LogP contribution >= 0.6 is 0 Å². The third kappa shape index (κ3) is 7.11. The van der Waals surface area contributed by atoms with Crippen molar-refractivity contribution in [1.29, 1.82) is 0 Å². The molecule has 8 nitrogen and oxygen atoms in total. The van der Waals surface area contributed by atoms with Crippen molar-refractivity contribution in [2.24, 2.45) is 0 Å². The van der Waals surface area contributed by atoms with Crippen LogP contribution in [0.1, 0.15) is 39.7 Å². The Morgan fingerprint density at radius 3 is 2.18 bits per heavy atom. The van der Waals surface area contributed by atoms with Crippen LogP contribution in [-0.2, 0) is 26.2 Å². The fourth-order valence-corrected chi connectivity index (χ4v) is 5.33. The highest BCUT2D eigenvalue weighted by Crippen LogP contribution is 2.22. The summed E-state index contributed by atoms with van der Waals surface area (Å²) < 4.78 is 33.0. The van der Waals surface area contributed by atoms with Crippen molar-refractivity contribution >= 4 is 32.6 Å². The first-order chi connectivity index (χ1) is 17.9. The molecule has 0 aliphatic carbocycles. The van der Waals surface area contributed by atoms with Crippen molar-refractivity contribution in [3.05, 3.63) is 72.3 Å². The number of amides is 2. The van der Waals surface area contributed by atoms with E-state index in [1.807, 2.05) is 64.1 Å². The van der Waals surface area contributed by atoms with Crippen LogP contribution in [0.2, 0.25) is 0 Å². The Hall–Kier alpha value is -3.43. The average Bonchev–Trinajstić information content (AvgIpc) is 2.87. The van der Waals surface area contributed by atoms with E-state index in [0.717, 1.165) is 20.6 Å². The van der Waals surface area contributed by atoms with E-state index < -0.39 is 34.1 Å². The number of carbonyl (C=O) groups excluding carboxylic acids is 2. The molecule has 38 heavy (non-hydrogen) atoms. The van der Waals surface area contributed by atoms with Crippen LogP contribution in [0.15, 0.2) is 71.6 Å². The maximum Gasteiger partial charge on any atom is 0.243 e. The number of hydrogen-bond donors (Lipinski definition) is 1. The van der Waals surface area contributed by atoms with Gasteiger partial charge in [0.25, 0.3) is 0 Å². The maximum absolute atomic E-state index is 13.7. The van der Waals surface area contributed by atoms with E-state index in [2.05, 4.69) is 5.32 Å². The molecule has 0 spiro atoms. The lowest BCUT2D eigenvalue weighted by Crippen LogP contribution is -2.55. The molecular weight excluding hydrogens is 502 g/mol. The molecule has 2 amide bonds. The molecule has 1 N–H and O–H groups in total. The van der Waals surface area contributed by atoms with Gasteiger partial charge >= 0.3 is 0 Å². The minimum absolute atomic E-state index is 0.103. The van der Waals surface area contributed by atoms with Crippen molar-refractivity contribution in [3.8, 4) is 5.75 Å². The molecule has 204 valence electrons. The number of fused-ring (bicyclic) bond motifs is 1. The maximum atomic E-state index is 13.7. The number of benzene rings is 3. The summed E-state index contributed by atoms with van der Waals surface area (Å²) in [6.07, 6.45) is 0.366. The highest BCUT2D eigenvalue weighted by atomic mass is 32.2. The van der Waals surface area contributed by atoms with Gasteiger partial charge in [-0.2, -0.15) is 4.31 Å². The molecule has 0 saturated heterocycles. The fourth-order valence-electron chi connectivity index (χ4n) is 4.17. The third-order valence-corrected chi connectivity index (χ3v) is 7.98. The van der Waals surface area contributed by atoms with Gasteiger partial charge in [-0.05, 0) is 67.8 Å². The number of hydrogen-bond acceptors (Lipinski definition) is 5. The minimum atomic E-state index is -3.95. The normalized spacial score (nSPS) is 12.8. The zero-order valence-electron chi connectivity index (χ0n) is 22.9.